The predicted octanol–water partition coefficient (Wildman–Crippen LogP) is 2.03. The molecular formula is C23H28N4O3. The molecule has 30 heavy (non-hydrogen) atoms. The largest absolute Gasteiger partial charge is 0.339 e. The molecule has 0 bridgehead atoms. The van der Waals surface area contributed by atoms with Gasteiger partial charge in [0.25, 0.3) is 5.91 Å². The minimum absolute atomic E-state index is 0.0111. The monoisotopic (exact) mass is 408 g/mol. The van der Waals surface area contributed by atoms with Crippen molar-refractivity contribution < 1.29 is 14.4 Å². The number of nitrogens with one attached hydrogen (secondary N) is 2. The molecule has 2 aromatic rings. The second-order valence-electron chi connectivity index (χ2n) is 7.54. The van der Waals surface area contributed by atoms with Crippen molar-refractivity contribution in [1.82, 2.24) is 15.1 Å². The number of rotatable bonds is 6. The van der Waals surface area contributed by atoms with E-state index in [0.29, 0.717) is 30.9 Å². The van der Waals surface area contributed by atoms with Gasteiger partial charge in [-0.2, -0.15) is 0 Å². The molecule has 0 spiro atoms. The first-order valence-electron chi connectivity index (χ1n) is 10.1. The summed E-state index contributed by atoms with van der Waals surface area (Å²) < 4.78 is 0. The van der Waals surface area contributed by atoms with Crippen LogP contribution in [0.4, 0.5) is 5.69 Å². The van der Waals surface area contributed by atoms with Gasteiger partial charge in [-0.05, 0) is 30.7 Å². The number of hydrogen-bond donors (Lipinski definition) is 2. The third-order valence-corrected chi connectivity index (χ3v) is 4.97. The van der Waals surface area contributed by atoms with Crippen LogP contribution in [0.3, 0.4) is 0 Å². The Labute approximate surface area is 177 Å². The van der Waals surface area contributed by atoms with Crippen LogP contribution in [0.1, 0.15) is 28.4 Å². The van der Waals surface area contributed by atoms with E-state index < -0.39 is 0 Å². The smallest absolute Gasteiger partial charge is 0.254 e. The van der Waals surface area contributed by atoms with E-state index in [0.717, 1.165) is 24.2 Å². The zero-order chi connectivity index (χ0) is 21.5. The first-order chi connectivity index (χ1) is 14.4. The molecule has 0 atom stereocenters. The van der Waals surface area contributed by atoms with E-state index in [1.807, 2.05) is 31.2 Å². The van der Waals surface area contributed by atoms with Crippen molar-refractivity contribution in [3.05, 3.63) is 65.2 Å². The highest BCUT2D eigenvalue weighted by Crippen LogP contribution is 2.16. The Kier molecular flexibility index (Phi) is 7.19. The molecule has 158 valence electrons. The van der Waals surface area contributed by atoms with E-state index >= 15 is 0 Å². The lowest BCUT2D eigenvalue weighted by Crippen LogP contribution is -2.50. The first-order valence-corrected chi connectivity index (χ1v) is 10.1. The van der Waals surface area contributed by atoms with Crippen LogP contribution in [0.25, 0.3) is 0 Å². The molecule has 2 N–H and O–H groups in total. The molecule has 1 heterocycles. The molecule has 0 radical (unpaired) electrons. The molecule has 7 nitrogen and oxygen atoms in total. The average Bonchev–Trinajstić information content (AvgIpc) is 2.73. The predicted molar refractivity (Wildman–Crippen MR) is 116 cm³/mol. The molecule has 3 rings (SSSR count). The fourth-order valence-electron chi connectivity index (χ4n) is 3.52. The van der Waals surface area contributed by atoms with E-state index in [-0.39, 0.29) is 24.3 Å². The number of piperazine rings is 1. The molecular weight excluding hydrogens is 380 g/mol. The van der Waals surface area contributed by atoms with Gasteiger partial charge in [-0.1, -0.05) is 35.9 Å². The third kappa shape index (κ3) is 5.90. The Hall–Kier alpha value is -3.19. The van der Waals surface area contributed by atoms with E-state index in [1.165, 1.54) is 6.92 Å². The molecule has 0 saturated carbocycles. The molecule has 1 aliphatic rings. The first kappa shape index (κ1) is 21.5. The van der Waals surface area contributed by atoms with E-state index in [9.17, 15) is 14.4 Å². The summed E-state index contributed by atoms with van der Waals surface area (Å²) in [4.78, 5) is 40.9. The van der Waals surface area contributed by atoms with Gasteiger partial charge < -0.3 is 20.4 Å². The fourth-order valence-corrected chi connectivity index (χ4v) is 3.52. The van der Waals surface area contributed by atoms with Crippen LogP contribution in [0.5, 0.6) is 0 Å². The lowest BCUT2D eigenvalue weighted by atomic mass is 10.1. The average molecular weight is 409 g/mol. The van der Waals surface area contributed by atoms with Crippen LogP contribution < -0.4 is 10.6 Å². The lowest BCUT2D eigenvalue weighted by Gasteiger charge is -2.30. The summed E-state index contributed by atoms with van der Waals surface area (Å²) >= 11 is 0. The van der Waals surface area contributed by atoms with Crippen LogP contribution in [-0.4, -0.2) is 60.2 Å². The van der Waals surface area contributed by atoms with Crippen molar-refractivity contribution >= 4 is 23.4 Å². The molecule has 0 aromatic heterocycles. The Morgan fingerprint density at radius 3 is 2.50 bits per heavy atom. The van der Waals surface area contributed by atoms with E-state index in [2.05, 4.69) is 10.6 Å². The Morgan fingerprint density at radius 1 is 1.07 bits per heavy atom. The van der Waals surface area contributed by atoms with Gasteiger partial charge in [0.15, 0.2) is 0 Å². The number of carbonyl (C=O) groups excluding carboxylic acids is 3. The molecule has 1 fully saturated rings. The summed E-state index contributed by atoms with van der Waals surface area (Å²) in [6.45, 7) is 6.57. The number of carbonyl (C=O) groups is 3. The Balaban J connectivity index is 1.82. The summed E-state index contributed by atoms with van der Waals surface area (Å²) in [5.41, 5.74) is 3.05. The number of benzene rings is 2. The van der Waals surface area contributed by atoms with Gasteiger partial charge >= 0.3 is 0 Å². The summed E-state index contributed by atoms with van der Waals surface area (Å²) in [7, 11) is 0. The van der Waals surface area contributed by atoms with Crippen molar-refractivity contribution in [2.45, 2.75) is 20.4 Å². The van der Waals surface area contributed by atoms with Gasteiger partial charge in [0.1, 0.15) is 6.54 Å². The number of amides is 3. The summed E-state index contributed by atoms with van der Waals surface area (Å²) in [6, 6.07) is 14.7. The summed E-state index contributed by atoms with van der Waals surface area (Å²) in [6.07, 6.45) is 0. The van der Waals surface area contributed by atoms with Crippen LogP contribution >= 0.6 is 0 Å². The quantitative estimate of drug-likeness (QED) is 0.766. The molecule has 2 aromatic carbocycles. The standard InChI is InChI=1S/C23H28N4O3/c1-17-5-3-6-19(13-17)15-27(16-22(29)26-11-9-24-10-12-26)23(30)20-7-4-8-21(14-20)25-18(2)28/h3-8,13-14,24H,9-12,15-16H2,1-2H3,(H,25,28). The van der Waals surface area contributed by atoms with Crippen molar-refractivity contribution in [3.8, 4) is 0 Å². The topological polar surface area (TPSA) is 81.8 Å². The lowest BCUT2D eigenvalue weighted by molar-refractivity contribution is -0.132. The van der Waals surface area contributed by atoms with E-state index in [1.54, 1.807) is 34.1 Å². The minimum atomic E-state index is -0.243. The second-order valence-corrected chi connectivity index (χ2v) is 7.54. The molecule has 0 unspecified atom stereocenters. The Bertz CT molecular complexity index is 922. The highest BCUT2D eigenvalue weighted by atomic mass is 16.2. The van der Waals surface area contributed by atoms with Crippen molar-refractivity contribution in [1.29, 1.82) is 0 Å². The Morgan fingerprint density at radius 2 is 1.80 bits per heavy atom. The fraction of sp³-hybridized carbons (Fsp3) is 0.348. The molecule has 0 aliphatic carbocycles. The maximum Gasteiger partial charge on any atom is 0.254 e. The second kappa shape index (κ2) is 10.0. The van der Waals surface area contributed by atoms with Gasteiger partial charge in [-0.15, -0.1) is 0 Å². The van der Waals surface area contributed by atoms with Crippen molar-refractivity contribution in [2.75, 3.05) is 38.0 Å². The number of hydrogen-bond acceptors (Lipinski definition) is 4. The summed E-state index contributed by atoms with van der Waals surface area (Å²) in [5.74, 6) is -0.507. The maximum absolute atomic E-state index is 13.3. The molecule has 7 heteroatoms. The summed E-state index contributed by atoms with van der Waals surface area (Å²) in [5, 5.41) is 5.93. The van der Waals surface area contributed by atoms with Gasteiger partial charge in [0.05, 0.1) is 0 Å². The van der Waals surface area contributed by atoms with Gasteiger partial charge in [-0.3, -0.25) is 14.4 Å². The van der Waals surface area contributed by atoms with E-state index in [4.69, 9.17) is 0 Å². The van der Waals surface area contributed by atoms with Gasteiger partial charge in [-0.25, -0.2) is 0 Å². The van der Waals surface area contributed by atoms with Crippen LogP contribution in [0, 0.1) is 6.92 Å². The normalized spacial score (nSPS) is 13.6. The highest BCUT2D eigenvalue weighted by Gasteiger charge is 2.24. The zero-order valence-corrected chi connectivity index (χ0v) is 17.5. The van der Waals surface area contributed by atoms with Crippen LogP contribution in [-0.2, 0) is 16.1 Å². The molecule has 1 aliphatic heterocycles. The molecule has 3 amide bonds. The third-order valence-electron chi connectivity index (χ3n) is 4.97. The number of anilines is 1. The number of nitrogens with zero attached hydrogens (tertiary/aromatic N) is 2. The van der Waals surface area contributed by atoms with Crippen molar-refractivity contribution in [3.63, 3.8) is 0 Å². The van der Waals surface area contributed by atoms with Crippen LogP contribution in [0.15, 0.2) is 48.5 Å². The van der Waals surface area contributed by atoms with Gasteiger partial charge in [0, 0.05) is 50.9 Å². The van der Waals surface area contributed by atoms with Crippen molar-refractivity contribution in [2.24, 2.45) is 0 Å². The minimum Gasteiger partial charge on any atom is -0.339 e. The van der Waals surface area contributed by atoms with Crippen LogP contribution in [0.2, 0.25) is 0 Å². The maximum atomic E-state index is 13.3. The zero-order valence-electron chi connectivity index (χ0n) is 17.5. The SMILES string of the molecule is CC(=O)Nc1cccc(C(=O)N(CC(=O)N2CCNCC2)Cc2cccc(C)c2)c1. The molecule has 1 saturated heterocycles. The van der Waals surface area contributed by atoms with Gasteiger partial charge in [0.2, 0.25) is 11.8 Å². The highest BCUT2D eigenvalue weighted by molar-refractivity contribution is 5.98. The number of aryl methyl sites for hydroxylation is 1.